The lowest BCUT2D eigenvalue weighted by Gasteiger charge is -2.09. The molecule has 0 aromatic heterocycles. The molecule has 0 fully saturated rings. The van der Waals surface area contributed by atoms with Gasteiger partial charge in [-0.25, -0.2) is 0 Å². The molecule has 80 valence electrons. The number of hydrogen-bond acceptors (Lipinski definition) is 3. The Morgan fingerprint density at radius 2 is 1.87 bits per heavy atom. The fourth-order valence-corrected chi connectivity index (χ4v) is 1.30. The zero-order chi connectivity index (χ0) is 11.3. The fourth-order valence-electron chi connectivity index (χ4n) is 1.30. The van der Waals surface area contributed by atoms with Crippen LogP contribution in [0.25, 0.3) is 0 Å². The maximum atomic E-state index is 11.6. The molecule has 3 heteroatoms. The second-order valence-corrected chi connectivity index (χ2v) is 3.35. The highest BCUT2D eigenvalue weighted by Gasteiger charge is 2.18. The van der Waals surface area contributed by atoms with E-state index in [0.29, 0.717) is 0 Å². The Labute approximate surface area is 89.1 Å². The molecule has 1 rings (SSSR count). The minimum Gasteiger partial charge on any atom is -0.469 e. The van der Waals surface area contributed by atoms with Crippen LogP contribution >= 0.6 is 0 Å². The number of benzene rings is 1. The predicted octanol–water partition coefficient (Wildman–Crippen LogP) is 1.92. The SMILES string of the molecule is COC(=O)CC(=O)[C@H](C)c1ccccc1. The van der Waals surface area contributed by atoms with Crippen molar-refractivity contribution in [2.75, 3.05) is 7.11 Å². The van der Waals surface area contributed by atoms with Gasteiger partial charge in [0.15, 0.2) is 5.78 Å². The van der Waals surface area contributed by atoms with E-state index in [-0.39, 0.29) is 18.1 Å². The first-order chi connectivity index (χ1) is 7.15. The Morgan fingerprint density at radius 3 is 2.40 bits per heavy atom. The van der Waals surface area contributed by atoms with Gasteiger partial charge in [-0.3, -0.25) is 9.59 Å². The summed E-state index contributed by atoms with van der Waals surface area (Å²) >= 11 is 0. The van der Waals surface area contributed by atoms with Crippen LogP contribution in [0.4, 0.5) is 0 Å². The molecule has 0 heterocycles. The highest BCUT2D eigenvalue weighted by Crippen LogP contribution is 2.17. The van der Waals surface area contributed by atoms with E-state index in [2.05, 4.69) is 4.74 Å². The van der Waals surface area contributed by atoms with Crippen LogP contribution in [-0.2, 0) is 14.3 Å². The average molecular weight is 206 g/mol. The quantitative estimate of drug-likeness (QED) is 0.558. The van der Waals surface area contributed by atoms with E-state index in [1.807, 2.05) is 30.3 Å². The summed E-state index contributed by atoms with van der Waals surface area (Å²) in [4.78, 5) is 22.5. The zero-order valence-corrected chi connectivity index (χ0v) is 8.90. The number of hydrogen-bond donors (Lipinski definition) is 0. The van der Waals surface area contributed by atoms with E-state index in [1.165, 1.54) is 7.11 Å². The van der Waals surface area contributed by atoms with Crippen LogP contribution in [0.5, 0.6) is 0 Å². The van der Waals surface area contributed by atoms with Crippen LogP contribution in [-0.4, -0.2) is 18.9 Å². The molecular formula is C12H14O3. The van der Waals surface area contributed by atoms with Crippen LogP contribution in [0.15, 0.2) is 30.3 Å². The molecule has 0 aliphatic carbocycles. The maximum Gasteiger partial charge on any atom is 0.313 e. The van der Waals surface area contributed by atoms with Crippen molar-refractivity contribution < 1.29 is 14.3 Å². The topological polar surface area (TPSA) is 43.4 Å². The van der Waals surface area contributed by atoms with E-state index in [0.717, 1.165) is 5.56 Å². The number of ether oxygens (including phenoxy) is 1. The van der Waals surface area contributed by atoms with Crippen molar-refractivity contribution in [3.63, 3.8) is 0 Å². The molecule has 0 N–H and O–H groups in total. The predicted molar refractivity (Wildman–Crippen MR) is 56.5 cm³/mol. The minimum atomic E-state index is -0.484. The summed E-state index contributed by atoms with van der Waals surface area (Å²) in [6.07, 6.45) is -0.160. The fraction of sp³-hybridized carbons (Fsp3) is 0.333. The standard InChI is InChI=1S/C12H14O3/c1-9(10-6-4-3-5-7-10)11(13)8-12(14)15-2/h3-7,9H,8H2,1-2H3/t9-/m1/s1. The second kappa shape index (κ2) is 5.29. The van der Waals surface area contributed by atoms with Gasteiger partial charge in [0.05, 0.1) is 7.11 Å². The molecule has 1 aromatic carbocycles. The van der Waals surface area contributed by atoms with Crippen LogP contribution in [0.1, 0.15) is 24.8 Å². The highest BCUT2D eigenvalue weighted by atomic mass is 16.5. The molecule has 0 saturated carbocycles. The summed E-state index contributed by atoms with van der Waals surface area (Å²) in [7, 11) is 1.28. The lowest BCUT2D eigenvalue weighted by molar-refractivity contribution is -0.143. The maximum absolute atomic E-state index is 11.6. The Balaban J connectivity index is 2.65. The van der Waals surface area contributed by atoms with E-state index < -0.39 is 5.97 Å². The minimum absolute atomic E-state index is 0.118. The Kier molecular flexibility index (Phi) is 4.03. The summed E-state index contributed by atoms with van der Waals surface area (Å²) in [6.45, 7) is 1.79. The van der Waals surface area contributed by atoms with Crippen molar-refractivity contribution >= 4 is 11.8 Å². The van der Waals surface area contributed by atoms with Crippen LogP contribution in [0, 0.1) is 0 Å². The van der Waals surface area contributed by atoms with Crippen LogP contribution in [0.3, 0.4) is 0 Å². The van der Waals surface area contributed by atoms with E-state index in [1.54, 1.807) is 6.92 Å². The first kappa shape index (κ1) is 11.4. The van der Waals surface area contributed by atoms with E-state index >= 15 is 0 Å². The van der Waals surface area contributed by atoms with Crippen molar-refractivity contribution in [3.05, 3.63) is 35.9 Å². The monoisotopic (exact) mass is 206 g/mol. The summed E-state index contributed by atoms with van der Waals surface area (Å²) in [5.74, 6) is -0.860. The van der Waals surface area contributed by atoms with Gasteiger partial charge in [-0.15, -0.1) is 0 Å². The molecule has 0 amide bonds. The number of carbonyl (C=O) groups excluding carboxylic acids is 2. The summed E-state index contributed by atoms with van der Waals surface area (Å²) < 4.78 is 4.45. The lowest BCUT2D eigenvalue weighted by atomic mass is 9.95. The molecule has 15 heavy (non-hydrogen) atoms. The molecule has 0 aliphatic heterocycles. The van der Waals surface area contributed by atoms with E-state index in [9.17, 15) is 9.59 Å². The van der Waals surface area contributed by atoms with Crippen molar-refractivity contribution in [3.8, 4) is 0 Å². The van der Waals surface area contributed by atoms with Crippen LogP contribution < -0.4 is 0 Å². The molecule has 0 spiro atoms. The second-order valence-electron chi connectivity index (χ2n) is 3.35. The number of ketones is 1. The highest BCUT2D eigenvalue weighted by molar-refractivity contribution is 5.98. The number of carbonyl (C=O) groups is 2. The molecule has 1 atom stereocenters. The van der Waals surface area contributed by atoms with Gasteiger partial charge in [-0.1, -0.05) is 37.3 Å². The lowest BCUT2D eigenvalue weighted by Crippen LogP contribution is -2.15. The van der Waals surface area contributed by atoms with Gasteiger partial charge in [0.2, 0.25) is 0 Å². The van der Waals surface area contributed by atoms with Crippen molar-refractivity contribution in [2.24, 2.45) is 0 Å². The van der Waals surface area contributed by atoms with Crippen molar-refractivity contribution in [2.45, 2.75) is 19.3 Å². The summed E-state index contributed by atoms with van der Waals surface area (Å²) in [5.41, 5.74) is 0.923. The number of Topliss-reactive ketones (excluding diaryl/α,β-unsaturated/α-hetero) is 1. The molecule has 3 nitrogen and oxygen atoms in total. The molecule has 0 bridgehead atoms. The molecule has 0 saturated heterocycles. The third kappa shape index (κ3) is 3.20. The number of rotatable bonds is 4. The van der Waals surface area contributed by atoms with Crippen molar-refractivity contribution in [1.82, 2.24) is 0 Å². The van der Waals surface area contributed by atoms with Gasteiger partial charge in [-0.05, 0) is 5.56 Å². The molecule has 0 aliphatic rings. The first-order valence-electron chi connectivity index (χ1n) is 4.79. The zero-order valence-electron chi connectivity index (χ0n) is 8.90. The third-order valence-electron chi connectivity index (χ3n) is 2.33. The van der Waals surface area contributed by atoms with Gasteiger partial charge in [-0.2, -0.15) is 0 Å². The van der Waals surface area contributed by atoms with Crippen molar-refractivity contribution in [1.29, 1.82) is 0 Å². The third-order valence-corrected chi connectivity index (χ3v) is 2.33. The molecule has 1 aromatic rings. The summed E-state index contributed by atoms with van der Waals surface area (Å²) in [6, 6.07) is 9.38. The van der Waals surface area contributed by atoms with Gasteiger partial charge < -0.3 is 4.74 Å². The largest absolute Gasteiger partial charge is 0.469 e. The number of methoxy groups -OCH3 is 1. The van der Waals surface area contributed by atoms with Gasteiger partial charge in [0.25, 0.3) is 0 Å². The normalized spacial score (nSPS) is 11.9. The van der Waals surface area contributed by atoms with Gasteiger partial charge in [0.1, 0.15) is 6.42 Å². The average Bonchev–Trinajstić information content (AvgIpc) is 2.29. The Morgan fingerprint density at radius 1 is 1.27 bits per heavy atom. The Bertz CT molecular complexity index is 343. The van der Waals surface area contributed by atoms with E-state index in [4.69, 9.17) is 0 Å². The molecular weight excluding hydrogens is 192 g/mol. The summed E-state index contributed by atoms with van der Waals surface area (Å²) in [5, 5.41) is 0. The molecule has 0 unspecified atom stereocenters. The number of esters is 1. The first-order valence-corrected chi connectivity index (χ1v) is 4.79. The smallest absolute Gasteiger partial charge is 0.313 e. The molecule has 0 radical (unpaired) electrons. The van der Waals surface area contributed by atoms with Gasteiger partial charge >= 0.3 is 5.97 Å². The van der Waals surface area contributed by atoms with Gasteiger partial charge in [0, 0.05) is 5.92 Å². The Hall–Kier alpha value is -1.64. The van der Waals surface area contributed by atoms with Crippen LogP contribution in [0.2, 0.25) is 0 Å².